The zero-order valence-electron chi connectivity index (χ0n) is 33.6. The summed E-state index contributed by atoms with van der Waals surface area (Å²) in [5, 5.41) is 2.62. The molecule has 4 heteroatoms. The van der Waals surface area contributed by atoms with E-state index in [0.717, 1.165) is 40.7 Å². The standard InChI is InChI=1S/C56H44N4/c1-36-30-45(35-55-49-22-12-10-20-47(49)51(55)48-21-11-13-23-50(48)56(36,55)46-25-24-37-14-8-9-19-41(37)34-46)43-31-42(38-26-28-57-29-27-38)32-44(33-43)54-59-52(39-15-4-2-5-16-39)58-53(60-54)40-17-6-3-7-18-40/h2-29,31-34,36,45,47,49,51H,30,35H2,1H3. The van der Waals surface area contributed by atoms with Crippen molar-refractivity contribution in [1.82, 2.24) is 19.9 Å². The van der Waals surface area contributed by atoms with Crippen LogP contribution < -0.4 is 0 Å². The number of aromatic nitrogens is 4. The van der Waals surface area contributed by atoms with Crippen LogP contribution in [0.15, 0.2) is 194 Å². The first-order valence-electron chi connectivity index (χ1n) is 21.5. The summed E-state index contributed by atoms with van der Waals surface area (Å²) in [5.41, 5.74) is 11.0. The van der Waals surface area contributed by atoms with Gasteiger partial charge in [-0.15, -0.1) is 0 Å². The molecular weight excluding hydrogens is 729 g/mol. The number of pyridine rings is 1. The second-order valence-electron chi connectivity index (χ2n) is 17.5. The maximum absolute atomic E-state index is 5.23. The maximum Gasteiger partial charge on any atom is 0.164 e. The normalized spacial score (nSPS) is 25.8. The van der Waals surface area contributed by atoms with Crippen molar-refractivity contribution >= 4 is 10.8 Å². The molecule has 6 aromatic carbocycles. The quantitative estimate of drug-likeness (QED) is 0.169. The minimum absolute atomic E-state index is 0.00559. The van der Waals surface area contributed by atoms with E-state index in [1.807, 2.05) is 48.8 Å². The van der Waals surface area contributed by atoms with Gasteiger partial charge in [0.1, 0.15) is 0 Å². The monoisotopic (exact) mass is 772 g/mol. The minimum Gasteiger partial charge on any atom is -0.265 e. The van der Waals surface area contributed by atoms with Gasteiger partial charge in [-0.05, 0) is 116 Å². The van der Waals surface area contributed by atoms with Crippen LogP contribution in [0, 0.1) is 23.2 Å². The van der Waals surface area contributed by atoms with Gasteiger partial charge >= 0.3 is 0 Å². The Labute approximate surface area is 351 Å². The second-order valence-corrected chi connectivity index (χ2v) is 17.5. The molecule has 0 radical (unpaired) electrons. The first kappa shape index (κ1) is 35.2. The van der Waals surface area contributed by atoms with Crippen molar-refractivity contribution in [2.45, 2.75) is 37.0 Å². The molecule has 2 saturated carbocycles. The largest absolute Gasteiger partial charge is 0.265 e. The van der Waals surface area contributed by atoms with Crippen LogP contribution in [0.3, 0.4) is 0 Å². The summed E-state index contributed by atoms with van der Waals surface area (Å²) in [4.78, 5) is 19.9. The SMILES string of the molecule is CC1CC(c2cc(-c3ccncc3)cc(-c3nc(-c4ccccc4)nc(-c4ccccc4)n3)c2)CC23C4C=CC=CC4C2c2ccccc2C13c1ccc2ccccc2c1. The Kier molecular flexibility index (Phi) is 8.00. The predicted molar refractivity (Wildman–Crippen MR) is 242 cm³/mol. The molecule has 8 aromatic rings. The van der Waals surface area contributed by atoms with E-state index in [9.17, 15) is 0 Å². The molecule has 7 atom stereocenters. The molecule has 7 unspecified atom stereocenters. The van der Waals surface area contributed by atoms with Gasteiger partial charge in [-0.3, -0.25) is 4.98 Å². The van der Waals surface area contributed by atoms with Gasteiger partial charge in [0.2, 0.25) is 0 Å². The summed E-state index contributed by atoms with van der Waals surface area (Å²) in [6.45, 7) is 2.57. The summed E-state index contributed by atoms with van der Waals surface area (Å²) >= 11 is 0. The maximum atomic E-state index is 5.23. The number of nitrogens with zero attached hydrogens (tertiary/aromatic N) is 4. The van der Waals surface area contributed by atoms with E-state index >= 15 is 0 Å². The molecule has 0 amide bonds. The van der Waals surface area contributed by atoms with Gasteiger partial charge < -0.3 is 0 Å². The smallest absolute Gasteiger partial charge is 0.164 e. The molecule has 0 aliphatic heterocycles. The molecule has 2 fully saturated rings. The first-order chi connectivity index (χ1) is 29.6. The average molecular weight is 773 g/mol. The van der Waals surface area contributed by atoms with Crippen LogP contribution in [0.1, 0.15) is 53.9 Å². The van der Waals surface area contributed by atoms with Gasteiger partial charge in [0.25, 0.3) is 0 Å². The summed E-state index contributed by atoms with van der Waals surface area (Å²) in [7, 11) is 0. The lowest BCUT2D eigenvalue weighted by atomic mass is 9.33. The Morgan fingerprint density at radius 1 is 0.533 bits per heavy atom. The van der Waals surface area contributed by atoms with Crippen LogP contribution in [0.5, 0.6) is 0 Å². The highest BCUT2D eigenvalue weighted by Gasteiger charge is 2.77. The van der Waals surface area contributed by atoms with Crippen molar-refractivity contribution in [2.24, 2.45) is 23.2 Å². The van der Waals surface area contributed by atoms with Gasteiger partial charge in [0.05, 0.1) is 0 Å². The lowest BCUT2D eigenvalue weighted by molar-refractivity contribution is -0.114. The van der Waals surface area contributed by atoms with Crippen LogP contribution in [0.4, 0.5) is 0 Å². The Balaban J connectivity index is 1.06. The van der Waals surface area contributed by atoms with Gasteiger partial charge in [0, 0.05) is 34.5 Å². The molecule has 4 aliphatic rings. The fourth-order valence-corrected chi connectivity index (χ4v) is 12.6. The van der Waals surface area contributed by atoms with Crippen LogP contribution in [-0.2, 0) is 5.41 Å². The van der Waals surface area contributed by atoms with Crippen LogP contribution in [-0.4, -0.2) is 19.9 Å². The van der Waals surface area contributed by atoms with E-state index in [0.29, 0.717) is 47.1 Å². The number of rotatable bonds is 6. The predicted octanol–water partition coefficient (Wildman–Crippen LogP) is 13.0. The van der Waals surface area contributed by atoms with Gasteiger partial charge in [0.15, 0.2) is 17.5 Å². The fraction of sp³-hybridized carbons (Fsp3) is 0.179. The van der Waals surface area contributed by atoms with Crippen LogP contribution in [0.2, 0.25) is 0 Å². The van der Waals surface area contributed by atoms with E-state index in [1.165, 1.54) is 21.9 Å². The third kappa shape index (κ3) is 5.10. The van der Waals surface area contributed by atoms with E-state index in [4.69, 9.17) is 15.0 Å². The molecule has 4 nitrogen and oxygen atoms in total. The summed E-state index contributed by atoms with van der Waals surface area (Å²) in [5.74, 6) is 4.06. The molecule has 4 aliphatic carbocycles. The highest BCUT2D eigenvalue weighted by Crippen LogP contribution is 2.82. The molecular formula is C56H44N4. The lowest BCUT2D eigenvalue weighted by Gasteiger charge is -2.69. The number of benzene rings is 6. The molecule has 60 heavy (non-hydrogen) atoms. The van der Waals surface area contributed by atoms with Crippen molar-refractivity contribution < 1.29 is 0 Å². The van der Waals surface area contributed by atoms with E-state index in [2.05, 4.69) is 158 Å². The minimum atomic E-state index is -0.138. The number of allylic oxidation sites excluding steroid dienone is 4. The highest BCUT2D eigenvalue weighted by molar-refractivity contribution is 5.84. The van der Waals surface area contributed by atoms with Crippen molar-refractivity contribution in [1.29, 1.82) is 0 Å². The molecule has 12 rings (SSSR count). The van der Waals surface area contributed by atoms with E-state index < -0.39 is 0 Å². The molecule has 1 spiro atoms. The fourth-order valence-electron chi connectivity index (χ4n) is 12.6. The number of hydrogen-bond donors (Lipinski definition) is 0. The molecule has 2 aromatic heterocycles. The van der Waals surface area contributed by atoms with Crippen LogP contribution in [0.25, 0.3) is 56.1 Å². The number of hydrogen-bond acceptors (Lipinski definition) is 4. The molecule has 0 bridgehead atoms. The zero-order chi connectivity index (χ0) is 39.8. The van der Waals surface area contributed by atoms with Crippen molar-refractivity contribution in [3.8, 4) is 45.3 Å². The Morgan fingerprint density at radius 2 is 1.17 bits per heavy atom. The molecule has 288 valence electrons. The van der Waals surface area contributed by atoms with Gasteiger partial charge in [-0.1, -0.05) is 165 Å². The number of fused-ring (bicyclic) bond motifs is 6. The van der Waals surface area contributed by atoms with E-state index in [1.54, 1.807) is 11.1 Å². The molecule has 2 heterocycles. The Morgan fingerprint density at radius 3 is 1.92 bits per heavy atom. The zero-order valence-corrected chi connectivity index (χ0v) is 33.6. The van der Waals surface area contributed by atoms with Gasteiger partial charge in [-0.25, -0.2) is 15.0 Å². The molecule has 0 N–H and O–H groups in total. The lowest BCUT2D eigenvalue weighted by Crippen LogP contribution is -2.65. The topological polar surface area (TPSA) is 51.6 Å². The summed E-state index contributed by atoms with van der Waals surface area (Å²) in [6.07, 6.45) is 15.6. The van der Waals surface area contributed by atoms with Crippen molar-refractivity contribution in [3.05, 3.63) is 217 Å². The highest BCUT2D eigenvalue weighted by atomic mass is 15.0. The van der Waals surface area contributed by atoms with Crippen molar-refractivity contribution in [2.75, 3.05) is 0 Å². The summed E-state index contributed by atoms with van der Waals surface area (Å²) < 4.78 is 0. The third-order valence-electron chi connectivity index (χ3n) is 14.7. The Hall–Kier alpha value is -6.78. The van der Waals surface area contributed by atoms with Crippen molar-refractivity contribution in [3.63, 3.8) is 0 Å². The Bertz CT molecular complexity index is 2940. The molecule has 0 saturated heterocycles. The van der Waals surface area contributed by atoms with E-state index in [-0.39, 0.29) is 10.8 Å². The third-order valence-corrected chi connectivity index (χ3v) is 14.7. The summed E-state index contributed by atoms with van der Waals surface area (Å²) in [6, 6.07) is 57.7. The second kappa shape index (κ2) is 13.6. The average Bonchev–Trinajstić information content (AvgIpc) is 3.55. The van der Waals surface area contributed by atoms with Gasteiger partial charge in [-0.2, -0.15) is 0 Å². The first-order valence-corrected chi connectivity index (χ1v) is 21.5. The van der Waals surface area contributed by atoms with Crippen LogP contribution >= 0.6 is 0 Å².